The predicted octanol–water partition coefficient (Wildman–Crippen LogP) is 4.64. The number of nitrogens with one attached hydrogen (secondary N) is 1. The van der Waals surface area contributed by atoms with Crippen LogP contribution in [0.25, 0.3) is 11.4 Å². The molecule has 1 N–H and O–H groups in total. The summed E-state index contributed by atoms with van der Waals surface area (Å²) >= 11 is 0. The zero-order valence-electron chi connectivity index (χ0n) is 18.1. The minimum absolute atomic E-state index is 0.253. The molecule has 2 heterocycles. The van der Waals surface area contributed by atoms with Gasteiger partial charge in [0.1, 0.15) is 11.6 Å². The van der Waals surface area contributed by atoms with Crippen molar-refractivity contribution in [1.29, 1.82) is 0 Å². The first-order valence-corrected chi connectivity index (χ1v) is 10.3. The highest BCUT2D eigenvalue weighted by molar-refractivity contribution is 5.56. The lowest BCUT2D eigenvalue weighted by Crippen LogP contribution is -2.35. The summed E-state index contributed by atoms with van der Waals surface area (Å²) < 4.78 is 43.8. The molecule has 0 saturated carbocycles. The standard InChI is InChI=1S/C24H24F3N3O2/c1-14-15(2)21(32-3)9-6-17(14)12-30-11-10-20-19(13-30)23(31)29-22(28-20)16-4-7-18(8-5-16)24(25,26)27/h4-9H,10-13H2,1-3H3,(H,28,29,31). The van der Waals surface area contributed by atoms with Crippen LogP contribution in [0.4, 0.5) is 13.2 Å². The summed E-state index contributed by atoms with van der Waals surface area (Å²) in [5.41, 5.74) is 4.21. The number of fused-ring (bicyclic) bond motifs is 1. The molecule has 8 heteroatoms. The fraction of sp³-hybridized carbons (Fsp3) is 0.333. The Morgan fingerprint density at radius 1 is 1.09 bits per heavy atom. The number of benzene rings is 2. The van der Waals surface area contributed by atoms with Gasteiger partial charge in [-0.3, -0.25) is 9.69 Å². The second-order valence-corrected chi connectivity index (χ2v) is 8.05. The average molecular weight is 443 g/mol. The second-order valence-electron chi connectivity index (χ2n) is 8.05. The Morgan fingerprint density at radius 3 is 2.47 bits per heavy atom. The molecule has 0 fully saturated rings. The summed E-state index contributed by atoms with van der Waals surface area (Å²) in [6.45, 7) is 6.00. The summed E-state index contributed by atoms with van der Waals surface area (Å²) in [4.78, 5) is 22.3. The first kappa shape index (κ1) is 22.1. The molecule has 4 rings (SSSR count). The van der Waals surface area contributed by atoms with Crippen LogP contribution in [-0.2, 0) is 25.7 Å². The van der Waals surface area contributed by atoms with Crippen LogP contribution in [0.5, 0.6) is 5.75 Å². The largest absolute Gasteiger partial charge is 0.496 e. The van der Waals surface area contributed by atoms with E-state index in [4.69, 9.17) is 4.74 Å². The summed E-state index contributed by atoms with van der Waals surface area (Å²) in [6.07, 6.45) is -3.81. The molecule has 0 amide bonds. The van der Waals surface area contributed by atoms with E-state index in [1.54, 1.807) is 7.11 Å². The maximum Gasteiger partial charge on any atom is 0.416 e. The molecule has 0 spiro atoms. The Morgan fingerprint density at radius 2 is 1.81 bits per heavy atom. The molecule has 0 saturated heterocycles. The van der Waals surface area contributed by atoms with Crippen molar-refractivity contribution < 1.29 is 17.9 Å². The zero-order valence-corrected chi connectivity index (χ0v) is 18.1. The predicted molar refractivity (Wildman–Crippen MR) is 116 cm³/mol. The fourth-order valence-electron chi connectivity index (χ4n) is 4.05. The van der Waals surface area contributed by atoms with Crippen LogP contribution < -0.4 is 10.3 Å². The Hall–Kier alpha value is -3.13. The molecular weight excluding hydrogens is 419 g/mol. The van der Waals surface area contributed by atoms with Gasteiger partial charge in [-0.1, -0.05) is 18.2 Å². The van der Waals surface area contributed by atoms with E-state index in [9.17, 15) is 18.0 Å². The van der Waals surface area contributed by atoms with Crippen LogP contribution in [-0.4, -0.2) is 28.5 Å². The molecule has 1 aromatic heterocycles. The Labute approximate surface area is 183 Å². The van der Waals surface area contributed by atoms with Crippen molar-refractivity contribution in [2.45, 2.75) is 39.5 Å². The summed E-state index contributed by atoms with van der Waals surface area (Å²) in [7, 11) is 1.65. The van der Waals surface area contributed by atoms with Gasteiger partial charge in [-0.2, -0.15) is 13.2 Å². The van der Waals surface area contributed by atoms with E-state index in [1.165, 1.54) is 23.3 Å². The molecule has 2 aromatic carbocycles. The zero-order chi connectivity index (χ0) is 23.0. The van der Waals surface area contributed by atoms with Gasteiger partial charge in [-0.05, 0) is 48.7 Å². The van der Waals surface area contributed by atoms with E-state index in [0.29, 0.717) is 36.3 Å². The van der Waals surface area contributed by atoms with Crippen molar-refractivity contribution >= 4 is 0 Å². The molecule has 0 unspecified atom stereocenters. The smallest absolute Gasteiger partial charge is 0.416 e. The molecule has 1 aliphatic heterocycles. The van der Waals surface area contributed by atoms with Crippen LogP contribution in [0.3, 0.4) is 0 Å². The topological polar surface area (TPSA) is 58.2 Å². The van der Waals surface area contributed by atoms with Crippen molar-refractivity contribution in [3.8, 4) is 17.1 Å². The van der Waals surface area contributed by atoms with E-state index in [-0.39, 0.29) is 11.4 Å². The van der Waals surface area contributed by atoms with E-state index in [0.717, 1.165) is 30.0 Å². The summed E-state index contributed by atoms with van der Waals surface area (Å²) in [6, 6.07) is 8.66. The number of halogens is 3. The number of methoxy groups -OCH3 is 1. The monoisotopic (exact) mass is 443 g/mol. The maximum atomic E-state index is 12.8. The van der Waals surface area contributed by atoms with Gasteiger partial charge >= 0.3 is 6.18 Å². The van der Waals surface area contributed by atoms with Gasteiger partial charge in [0.25, 0.3) is 5.56 Å². The van der Waals surface area contributed by atoms with Crippen molar-refractivity contribution in [3.63, 3.8) is 0 Å². The van der Waals surface area contributed by atoms with Gasteiger partial charge in [-0.25, -0.2) is 4.98 Å². The molecule has 32 heavy (non-hydrogen) atoms. The molecule has 5 nitrogen and oxygen atoms in total. The van der Waals surface area contributed by atoms with E-state index in [1.807, 2.05) is 19.1 Å². The highest BCUT2D eigenvalue weighted by Crippen LogP contribution is 2.31. The Bertz CT molecular complexity index is 1200. The third-order valence-electron chi connectivity index (χ3n) is 6.10. The van der Waals surface area contributed by atoms with Crippen LogP contribution in [0.15, 0.2) is 41.2 Å². The van der Waals surface area contributed by atoms with E-state index >= 15 is 0 Å². The number of H-pyrrole nitrogens is 1. The highest BCUT2D eigenvalue weighted by atomic mass is 19.4. The van der Waals surface area contributed by atoms with Gasteiger partial charge in [0.2, 0.25) is 0 Å². The van der Waals surface area contributed by atoms with Gasteiger partial charge in [0, 0.05) is 31.6 Å². The average Bonchev–Trinajstić information content (AvgIpc) is 2.77. The van der Waals surface area contributed by atoms with Crippen LogP contribution in [0.1, 0.15) is 33.5 Å². The Kier molecular flexibility index (Phi) is 5.81. The number of nitrogens with zero attached hydrogens (tertiary/aromatic N) is 2. The van der Waals surface area contributed by atoms with Gasteiger partial charge in [0.05, 0.1) is 23.9 Å². The number of ether oxygens (including phenoxy) is 1. The molecule has 0 atom stereocenters. The maximum absolute atomic E-state index is 12.8. The number of aromatic nitrogens is 2. The SMILES string of the molecule is COc1ccc(CN2CCc3nc(-c4ccc(C(F)(F)F)cc4)[nH]c(=O)c3C2)c(C)c1C. The number of hydrogen-bond donors (Lipinski definition) is 1. The number of hydrogen-bond acceptors (Lipinski definition) is 4. The lowest BCUT2D eigenvalue weighted by molar-refractivity contribution is -0.137. The fourth-order valence-corrected chi connectivity index (χ4v) is 4.05. The minimum Gasteiger partial charge on any atom is -0.496 e. The number of aromatic amines is 1. The molecule has 1 aliphatic rings. The lowest BCUT2D eigenvalue weighted by atomic mass is 10.00. The molecule has 0 aliphatic carbocycles. The van der Waals surface area contributed by atoms with Gasteiger partial charge in [0.15, 0.2) is 0 Å². The van der Waals surface area contributed by atoms with Gasteiger partial charge < -0.3 is 9.72 Å². The molecule has 0 bridgehead atoms. The molecular formula is C24H24F3N3O2. The van der Waals surface area contributed by atoms with Crippen molar-refractivity contribution in [1.82, 2.24) is 14.9 Å². The van der Waals surface area contributed by atoms with Crippen molar-refractivity contribution in [3.05, 3.63) is 80.3 Å². The van der Waals surface area contributed by atoms with Gasteiger partial charge in [-0.15, -0.1) is 0 Å². The third-order valence-corrected chi connectivity index (χ3v) is 6.10. The van der Waals surface area contributed by atoms with Crippen molar-refractivity contribution in [2.24, 2.45) is 0 Å². The van der Waals surface area contributed by atoms with Crippen LogP contribution in [0.2, 0.25) is 0 Å². The Balaban J connectivity index is 1.55. The minimum atomic E-state index is -4.40. The van der Waals surface area contributed by atoms with Crippen molar-refractivity contribution in [2.75, 3.05) is 13.7 Å². The van der Waals surface area contributed by atoms with E-state index < -0.39 is 11.7 Å². The molecule has 3 aromatic rings. The molecule has 0 radical (unpaired) electrons. The molecule has 168 valence electrons. The van der Waals surface area contributed by atoms with Crippen LogP contribution >= 0.6 is 0 Å². The first-order valence-electron chi connectivity index (χ1n) is 10.3. The number of alkyl halides is 3. The second kappa shape index (κ2) is 8.43. The first-order chi connectivity index (χ1) is 15.2. The number of rotatable bonds is 4. The highest BCUT2D eigenvalue weighted by Gasteiger charge is 2.30. The quantitative estimate of drug-likeness (QED) is 0.638. The summed E-state index contributed by atoms with van der Waals surface area (Å²) in [5.74, 6) is 1.14. The summed E-state index contributed by atoms with van der Waals surface area (Å²) in [5, 5.41) is 0. The van der Waals surface area contributed by atoms with Crippen LogP contribution in [0, 0.1) is 13.8 Å². The third kappa shape index (κ3) is 4.27. The van der Waals surface area contributed by atoms with E-state index in [2.05, 4.69) is 21.8 Å². The normalized spacial score (nSPS) is 14.3. The lowest BCUT2D eigenvalue weighted by Gasteiger charge is -2.28.